The molecule has 2 aliphatic rings. The fourth-order valence-corrected chi connectivity index (χ4v) is 5.46. The quantitative estimate of drug-likeness (QED) is 0.842. The van der Waals surface area contributed by atoms with E-state index in [2.05, 4.69) is 54.2 Å². The number of aliphatic hydroxyl groups is 1. The van der Waals surface area contributed by atoms with Gasteiger partial charge in [0, 0.05) is 10.5 Å². The van der Waals surface area contributed by atoms with Crippen molar-refractivity contribution in [1.82, 2.24) is 0 Å². The minimum Gasteiger partial charge on any atom is -0.385 e. The largest absolute Gasteiger partial charge is 0.385 e. The maximum Gasteiger partial charge on any atom is 0.0917 e. The number of rotatable bonds is 1. The first kappa shape index (κ1) is 11.8. The molecule has 0 radical (unpaired) electrons. The van der Waals surface area contributed by atoms with Crippen molar-refractivity contribution in [2.45, 2.75) is 41.8 Å². The molecule has 0 saturated carbocycles. The van der Waals surface area contributed by atoms with Gasteiger partial charge in [-0.1, -0.05) is 36.4 Å². The van der Waals surface area contributed by atoms with Crippen LogP contribution in [-0.2, 0) is 5.60 Å². The monoisotopic (exact) mass is 270 g/mol. The van der Waals surface area contributed by atoms with Gasteiger partial charge in [0.25, 0.3) is 0 Å². The summed E-state index contributed by atoms with van der Waals surface area (Å²) in [5.41, 5.74) is 0.518. The van der Waals surface area contributed by atoms with E-state index in [1.165, 1.54) is 23.6 Å². The van der Waals surface area contributed by atoms with Crippen LogP contribution < -0.4 is 0 Å². The van der Waals surface area contributed by atoms with Crippen molar-refractivity contribution in [2.75, 3.05) is 0 Å². The Morgan fingerprint density at radius 2 is 1.63 bits per heavy atom. The van der Waals surface area contributed by atoms with Gasteiger partial charge in [-0.05, 0) is 48.1 Å². The average molecular weight is 270 g/mol. The molecule has 4 rings (SSSR count). The number of fused-ring (bicyclic) bond motifs is 3. The van der Waals surface area contributed by atoms with Gasteiger partial charge >= 0.3 is 0 Å². The van der Waals surface area contributed by atoms with E-state index in [1.807, 2.05) is 0 Å². The van der Waals surface area contributed by atoms with E-state index in [-0.39, 0.29) is 0 Å². The van der Waals surface area contributed by atoms with Crippen LogP contribution in [0.3, 0.4) is 0 Å². The molecule has 2 saturated heterocycles. The minimum absolute atomic E-state index is 0.596. The number of hydrogen-bond donors (Lipinski definition) is 1. The van der Waals surface area contributed by atoms with Crippen LogP contribution in [0, 0.1) is 0 Å². The minimum atomic E-state index is -0.596. The van der Waals surface area contributed by atoms with Crippen molar-refractivity contribution < 1.29 is 5.11 Å². The molecule has 19 heavy (non-hydrogen) atoms. The van der Waals surface area contributed by atoms with Crippen LogP contribution in [0.15, 0.2) is 42.5 Å². The Bertz CT molecular complexity index is 609. The Morgan fingerprint density at radius 1 is 0.947 bits per heavy atom. The lowest BCUT2D eigenvalue weighted by molar-refractivity contribution is 0.0198. The molecule has 0 amide bonds. The molecule has 98 valence electrons. The average Bonchev–Trinajstić information content (AvgIpc) is 2.78. The van der Waals surface area contributed by atoms with E-state index in [9.17, 15) is 5.11 Å². The summed E-state index contributed by atoms with van der Waals surface area (Å²) in [6, 6.07) is 14.8. The summed E-state index contributed by atoms with van der Waals surface area (Å²) in [4.78, 5) is 0. The number of hydrogen-bond acceptors (Lipinski definition) is 2. The molecule has 0 spiro atoms. The second kappa shape index (κ2) is 4.26. The van der Waals surface area contributed by atoms with E-state index in [1.54, 1.807) is 0 Å². The van der Waals surface area contributed by atoms with Gasteiger partial charge in [-0.15, -0.1) is 0 Å². The standard InChI is InChI=1S/C17H18OS/c18-17(10-15-7-8-16(11-17)19-15)14-6-5-12-3-1-2-4-13(12)9-14/h1-6,9,15-16,18H,7-8,10-11H2. The molecule has 2 aromatic carbocycles. The molecule has 2 aromatic rings. The van der Waals surface area contributed by atoms with Crippen molar-refractivity contribution in [1.29, 1.82) is 0 Å². The lowest BCUT2D eigenvalue weighted by Crippen LogP contribution is -2.34. The van der Waals surface area contributed by atoms with Gasteiger partial charge in [0.15, 0.2) is 0 Å². The topological polar surface area (TPSA) is 20.2 Å². The summed E-state index contributed by atoms with van der Waals surface area (Å²) in [5.74, 6) is 0. The van der Waals surface area contributed by atoms with E-state index in [4.69, 9.17) is 0 Å². The molecule has 2 atom stereocenters. The molecule has 0 aliphatic carbocycles. The molecule has 1 N–H and O–H groups in total. The molecule has 2 fully saturated rings. The first-order valence-electron chi connectivity index (χ1n) is 7.10. The van der Waals surface area contributed by atoms with Crippen LogP contribution in [0.1, 0.15) is 31.2 Å². The van der Waals surface area contributed by atoms with Gasteiger partial charge in [-0.2, -0.15) is 11.8 Å². The van der Waals surface area contributed by atoms with Gasteiger partial charge < -0.3 is 5.11 Å². The van der Waals surface area contributed by atoms with Crippen LogP contribution in [0.2, 0.25) is 0 Å². The molecule has 2 heteroatoms. The molecular weight excluding hydrogens is 252 g/mol. The Kier molecular flexibility index (Phi) is 2.64. The highest BCUT2D eigenvalue weighted by molar-refractivity contribution is 8.00. The van der Waals surface area contributed by atoms with E-state index in [0.717, 1.165) is 18.4 Å². The highest BCUT2D eigenvalue weighted by Gasteiger charge is 2.44. The summed E-state index contributed by atoms with van der Waals surface area (Å²) in [6.45, 7) is 0. The van der Waals surface area contributed by atoms with E-state index >= 15 is 0 Å². The zero-order valence-corrected chi connectivity index (χ0v) is 11.7. The summed E-state index contributed by atoms with van der Waals surface area (Å²) in [7, 11) is 0. The molecular formula is C17H18OS. The van der Waals surface area contributed by atoms with Crippen molar-refractivity contribution in [3.8, 4) is 0 Å². The molecule has 2 unspecified atom stereocenters. The van der Waals surface area contributed by atoms with Gasteiger partial charge in [-0.25, -0.2) is 0 Å². The molecule has 0 aromatic heterocycles. The lowest BCUT2D eigenvalue weighted by Gasteiger charge is -2.36. The smallest absolute Gasteiger partial charge is 0.0917 e. The predicted octanol–water partition coefficient (Wildman–Crippen LogP) is 4.09. The zero-order valence-electron chi connectivity index (χ0n) is 10.9. The summed E-state index contributed by atoms with van der Waals surface area (Å²) >= 11 is 2.09. The second-order valence-corrected chi connectivity index (χ2v) is 7.56. The lowest BCUT2D eigenvalue weighted by atomic mass is 9.85. The van der Waals surface area contributed by atoms with Crippen LogP contribution in [-0.4, -0.2) is 15.6 Å². The molecule has 1 nitrogen and oxygen atoms in total. The Balaban J connectivity index is 1.76. The summed E-state index contributed by atoms with van der Waals surface area (Å²) < 4.78 is 0. The van der Waals surface area contributed by atoms with Gasteiger partial charge in [0.2, 0.25) is 0 Å². The number of thioether (sulfide) groups is 1. The third-order valence-electron chi connectivity index (χ3n) is 4.61. The summed E-state index contributed by atoms with van der Waals surface area (Å²) in [6.07, 6.45) is 4.41. The number of benzene rings is 2. The molecule has 2 bridgehead atoms. The van der Waals surface area contributed by atoms with Crippen molar-refractivity contribution in [2.24, 2.45) is 0 Å². The van der Waals surface area contributed by atoms with Gasteiger partial charge in [-0.3, -0.25) is 0 Å². The van der Waals surface area contributed by atoms with Crippen molar-refractivity contribution in [3.05, 3.63) is 48.0 Å². The van der Waals surface area contributed by atoms with Crippen LogP contribution in [0.25, 0.3) is 10.8 Å². The first-order valence-corrected chi connectivity index (χ1v) is 8.04. The zero-order chi connectivity index (χ0) is 12.9. The third kappa shape index (κ3) is 1.98. The highest BCUT2D eigenvalue weighted by atomic mass is 32.2. The van der Waals surface area contributed by atoms with Crippen LogP contribution in [0.4, 0.5) is 0 Å². The second-order valence-electron chi connectivity index (χ2n) is 5.96. The molecule has 2 heterocycles. The van der Waals surface area contributed by atoms with Gasteiger partial charge in [0.05, 0.1) is 5.60 Å². The van der Waals surface area contributed by atoms with Crippen LogP contribution >= 0.6 is 11.8 Å². The third-order valence-corrected chi connectivity index (χ3v) is 6.19. The van der Waals surface area contributed by atoms with Gasteiger partial charge in [0.1, 0.15) is 0 Å². The predicted molar refractivity (Wildman–Crippen MR) is 81.5 cm³/mol. The fraction of sp³-hybridized carbons (Fsp3) is 0.412. The normalized spacial score (nSPS) is 33.7. The SMILES string of the molecule is OC1(c2ccc3ccccc3c2)CC2CCC(C1)S2. The molecule has 2 aliphatic heterocycles. The van der Waals surface area contributed by atoms with E-state index < -0.39 is 5.60 Å². The van der Waals surface area contributed by atoms with Crippen LogP contribution in [0.5, 0.6) is 0 Å². The Morgan fingerprint density at radius 3 is 2.37 bits per heavy atom. The first-order chi connectivity index (χ1) is 9.23. The maximum atomic E-state index is 11.1. The van der Waals surface area contributed by atoms with Crippen molar-refractivity contribution >= 4 is 22.5 Å². The highest BCUT2D eigenvalue weighted by Crippen LogP contribution is 2.51. The Hall–Kier alpha value is -0.990. The Labute approximate surface area is 118 Å². The maximum absolute atomic E-state index is 11.1. The summed E-state index contributed by atoms with van der Waals surface area (Å²) in [5, 5.41) is 14.9. The van der Waals surface area contributed by atoms with E-state index in [0.29, 0.717) is 10.5 Å². The van der Waals surface area contributed by atoms with Crippen molar-refractivity contribution in [3.63, 3.8) is 0 Å². The fourth-order valence-electron chi connectivity index (χ4n) is 3.63.